The molecule has 1 aliphatic heterocycles. The van der Waals surface area contributed by atoms with Crippen molar-refractivity contribution in [2.75, 3.05) is 33.8 Å². The number of rotatable bonds is 4. The average Bonchev–Trinajstić information content (AvgIpc) is 2.56. The number of esters is 1. The van der Waals surface area contributed by atoms with Crippen LogP contribution in [0.15, 0.2) is 24.3 Å². The van der Waals surface area contributed by atoms with Gasteiger partial charge < -0.3 is 14.5 Å². The van der Waals surface area contributed by atoms with Crippen molar-refractivity contribution < 1.29 is 18.7 Å². The van der Waals surface area contributed by atoms with Gasteiger partial charge in [0.05, 0.1) is 12.5 Å². The van der Waals surface area contributed by atoms with E-state index in [0.29, 0.717) is 39.0 Å². The number of hydrogen-bond acceptors (Lipinski definition) is 3. The van der Waals surface area contributed by atoms with Crippen molar-refractivity contribution in [1.82, 2.24) is 9.80 Å². The van der Waals surface area contributed by atoms with Gasteiger partial charge in [0, 0.05) is 33.6 Å². The van der Waals surface area contributed by atoms with Crippen LogP contribution in [0, 0.1) is 11.7 Å². The molecule has 0 N–H and O–H groups in total. The molecule has 1 aromatic carbocycles. The monoisotopic (exact) mass is 322 g/mol. The molecule has 0 aliphatic carbocycles. The highest BCUT2D eigenvalue weighted by Gasteiger charge is 2.28. The van der Waals surface area contributed by atoms with E-state index in [1.165, 1.54) is 12.1 Å². The lowest BCUT2D eigenvalue weighted by Crippen LogP contribution is -2.45. The van der Waals surface area contributed by atoms with Gasteiger partial charge in [0.15, 0.2) is 0 Å². The summed E-state index contributed by atoms with van der Waals surface area (Å²) in [5.74, 6) is -0.622. The number of amides is 2. The van der Waals surface area contributed by atoms with E-state index < -0.39 is 0 Å². The zero-order valence-electron chi connectivity index (χ0n) is 13.6. The third kappa shape index (κ3) is 4.94. The SMILES string of the molecule is CN(C)C(=O)N1CCC(C(=O)OCCc2ccc(F)cc2)CC1. The van der Waals surface area contributed by atoms with E-state index in [-0.39, 0.29) is 23.7 Å². The first kappa shape index (κ1) is 17.2. The molecule has 23 heavy (non-hydrogen) atoms. The predicted molar refractivity (Wildman–Crippen MR) is 84.4 cm³/mol. The molecule has 6 heteroatoms. The standard InChI is InChI=1S/C17H23FN2O3/c1-19(2)17(22)20-10-7-14(8-11-20)16(21)23-12-9-13-3-5-15(18)6-4-13/h3-6,14H,7-12H2,1-2H3. The third-order valence-corrected chi connectivity index (χ3v) is 4.03. The van der Waals surface area contributed by atoms with Crippen molar-refractivity contribution >= 4 is 12.0 Å². The maximum absolute atomic E-state index is 12.8. The Morgan fingerprint density at radius 1 is 1.22 bits per heavy atom. The fourth-order valence-electron chi connectivity index (χ4n) is 2.63. The molecule has 5 nitrogen and oxygen atoms in total. The lowest BCUT2D eigenvalue weighted by atomic mass is 9.97. The van der Waals surface area contributed by atoms with Crippen molar-refractivity contribution in [2.45, 2.75) is 19.3 Å². The summed E-state index contributed by atoms with van der Waals surface area (Å²) in [5.41, 5.74) is 0.936. The van der Waals surface area contributed by atoms with E-state index in [2.05, 4.69) is 0 Å². The van der Waals surface area contributed by atoms with Gasteiger partial charge in [-0.1, -0.05) is 12.1 Å². The van der Waals surface area contributed by atoms with E-state index in [0.717, 1.165) is 5.56 Å². The first-order valence-corrected chi connectivity index (χ1v) is 7.84. The Kier molecular flexibility index (Phi) is 5.96. The Balaban J connectivity index is 1.71. The Morgan fingerprint density at radius 2 is 1.83 bits per heavy atom. The number of carbonyl (C=O) groups excluding carboxylic acids is 2. The molecule has 126 valence electrons. The van der Waals surface area contributed by atoms with Gasteiger partial charge in [0.2, 0.25) is 0 Å². The van der Waals surface area contributed by atoms with Crippen LogP contribution in [0.4, 0.5) is 9.18 Å². The normalized spacial score (nSPS) is 15.3. The number of likely N-dealkylation sites (tertiary alicyclic amines) is 1. The molecule has 1 fully saturated rings. The van der Waals surface area contributed by atoms with Crippen LogP contribution < -0.4 is 0 Å². The molecule has 0 saturated carbocycles. The van der Waals surface area contributed by atoms with Gasteiger partial charge in [-0.25, -0.2) is 9.18 Å². The van der Waals surface area contributed by atoms with Crippen LogP contribution in [0.5, 0.6) is 0 Å². The first-order chi connectivity index (χ1) is 11.0. The predicted octanol–water partition coefficient (Wildman–Crippen LogP) is 2.31. The van der Waals surface area contributed by atoms with Gasteiger partial charge >= 0.3 is 12.0 Å². The molecule has 0 atom stereocenters. The lowest BCUT2D eigenvalue weighted by Gasteiger charge is -2.32. The minimum Gasteiger partial charge on any atom is -0.465 e. The van der Waals surface area contributed by atoms with Crippen LogP contribution in [0.2, 0.25) is 0 Å². The van der Waals surface area contributed by atoms with Crippen LogP contribution in [0.3, 0.4) is 0 Å². The highest BCUT2D eigenvalue weighted by Crippen LogP contribution is 2.19. The minimum absolute atomic E-state index is 0.0203. The second kappa shape index (κ2) is 7.94. The topological polar surface area (TPSA) is 49.9 Å². The number of piperidine rings is 1. The zero-order valence-corrected chi connectivity index (χ0v) is 13.6. The van der Waals surface area contributed by atoms with Gasteiger partial charge in [-0.2, -0.15) is 0 Å². The van der Waals surface area contributed by atoms with Gasteiger partial charge in [0.25, 0.3) is 0 Å². The molecule has 2 rings (SSSR count). The molecule has 1 saturated heterocycles. The van der Waals surface area contributed by atoms with Crippen LogP contribution in [0.1, 0.15) is 18.4 Å². The molecular weight excluding hydrogens is 299 g/mol. The van der Waals surface area contributed by atoms with Crippen molar-refractivity contribution in [2.24, 2.45) is 5.92 Å². The highest BCUT2D eigenvalue weighted by atomic mass is 19.1. The molecule has 1 aliphatic rings. The third-order valence-electron chi connectivity index (χ3n) is 4.03. The Labute approximate surface area is 136 Å². The molecule has 2 amide bonds. The molecule has 1 heterocycles. The summed E-state index contributed by atoms with van der Waals surface area (Å²) in [6.07, 6.45) is 1.84. The summed E-state index contributed by atoms with van der Waals surface area (Å²) in [7, 11) is 3.44. The number of nitrogens with zero attached hydrogens (tertiary/aromatic N) is 2. The first-order valence-electron chi connectivity index (χ1n) is 7.84. The summed E-state index contributed by atoms with van der Waals surface area (Å²) in [6.45, 7) is 1.45. The van der Waals surface area contributed by atoms with Gasteiger partial charge in [0.1, 0.15) is 5.82 Å². The van der Waals surface area contributed by atoms with Crippen molar-refractivity contribution in [1.29, 1.82) is 0 Å². The molecule has 0 unspecified atom stereocenters. The summed E-state index contributed by atoms with van der Waals surface area (Å²) >= 11 is 0. The number of urea groups is 1. The highest BCUT2D eigenvalue weighted by molar-refractivity contribution is 5.75. The number of carbonyl (C=O) groups is 2. The van der Waals surface area contributed by atoms with Crippen LogP contribution in [0.25, 0.3) is 0 Å². The second-order valence-electron chi connectivity index (χ2n) is 5.98. The number of benzene rings is 1. The summed E-state index contributed by atoms with van der Waals surface area (Å²) in [4.78, 5) is 27.2. The largest absolute Gasteiger partial charge is 0.465 e. The minimum atomic E-state index is -0.273. The van der Waals surface area contributed by atoms with Gasteiger partial charge in [-0.15, -0.1) is 0 Å². The smallest absolute Gasteiger partial charge is 0.319 e. The lowest BCUT2D eigenvalue weighted by molar-refractivity contribution is -0.149. The van der Waals surface area contributed by atoms with Crippen LogP contribution >= 0.6 is 0 Å². The van der Waals surface area contributed by atoms with Crippen molar-refractivity contribution in [3.05, 3.63) is 35.6 Å². The quantitative estimate of drug-likeness (QED) is 0.799. The van der Waals surface area contributed by atoms with E-state index in [1.54, 1.807) is 36.0 Å². The number of ether oxygens (including phenoxy) is 1. The summed E-state index contributed by atoms with van der Waals surface area (Å²) < 4.78 is 18.1. The average molecular weight is 322 g/mol. The molecule has 0 bridgehead atoms. The van der Waals surface area contributed by atoms with E-state index in [4.69, 9.17) is 4.74 Å². The maximum atomic E-state index is 12.8. The molecule has 0 spiro atoms. The van der Waals surface area contributed by atoms with Crippen LogP contribution in [-0.2, 0) is 16.0 Å². The van der Waals surface area contributed by atoms with Gasteiger partial charge in [-0.3, -0.25) is 4.79 Å². The van der Waals surface area contributed by atoms with E-state index in [1.807, 2.05) is 0 Å². The van der Waals surface area contributed by atoms with Gasteiger partial charge in [-0.05, 0) is 30.5 Å². The number of halogens is 1. The van der Waals surface area contributed by atoms with E-state index in [9.17, 15) is 14.0 Å². The zero-order chi connectivity index (χ0) is 16.8. The molecular formula is C17H23FN2O3. The Morgan fingerprint density at radius 3 is 2.39 bits per heavy atom. The van der Waals surface area contributed by atoms with Crippen LogP contribution in [-0.4, -0.2) is 55.6 Å². The van der Waals surface area contributed by atoms with E-state index >= 15 is 0 Å². The second-order valence-corrected chi connectivity index (χ2v) is 5.98. The summed E-state index contributed by atoms with van der Waals surface area (Å²) in [6, 6.07) is 6.15. The molecule has 0 radical (unpaired) electrons. The Hall–Kier alpha value is -2.11. The van der Waals surface area contributed by atoms with Crippen molar-refractivity contribution in [3.63, 3.8) is 0 Å². The molecule has 0 aromatic heterocycles. The Bertz CT molecular complexity index is 537. The fourth-order valence-corrected chi connectivity index (χ4v) is 2.63. The van der Waals surface area contributed by atoms with Crippen molar-refractivity contribution in [3.8, 4) is 0 Å². The maximum Gasteiger partial charge on any atom is 0.319 e. The summed E-state index contributed by atoms with van der Waals surface area (Å²) in [5, 5.41) is 0. The fraction of sp³-hybridized carbons (Fsp3) is 0.529. The molecule has 1 aromatic rings. The number of hydrogen-bond donors (Lipinski definition) is 0.